The summed E-state index contributed by atoms with van der Waals surface area (Å²) in [6.07, 6.45) is 1.70. The number of rotatable bonds is 5. The Morgan fingerprint density at radius 3 is 2.83 bits per heavy atom. The predicted octanol–water partition coefficient (Wildman–Crippen LogP) is 2.43. The van der Waals surface area contributed by atoms with Gasteiger partial charge in [0, 0.05) is 29.9 Å². The Kier molecular flexibility index (Phi) is 5.17. The van der Waals surface area contributed by atoms with Crippen molar-refractivity contribution in [2.45, 2.75) is 11.4 Å². The normalized spacial score (nSPS) is 16.4. The lowest BCUT2D eigenvalue weighted by Gasteiger charge is -2.26. The first-order chi connectivity index (χ1) is 11.1. The number of sulfonamides is 1. The highest BCUT2D eigenvalue weighted by molar-refractivity contribution is 7.89. The summed E-state index contributed by atoms with van der Waals surface area (Å²) >= 11 is 7.19. The van der Waals surface area contributed by atoms with Gasteiger partial charge in [0.2, 0.25) is 10.0 Å². The standard InChI is InChI=1S/C14H16ClN3O3S2/c15-14-17-10-12(22-14)9-16-11-2-1-3-13(8-11)23(19,20)18-4-6-21-7-5-18/h1-3,8,10,16H,4-7,9H2. The second-order valence-electron chi connectivity index (χ2n) is 4.98. The Bertz CT molecular complexity index is 773. The van der Waals surface area contributed by atoms with Gasteiger partial charge in [0.1, 0.15) is 0 Å². The zero-order valence-corrected chi connectivity index (χ0v) is 14.6. The maximum atomic E-state index is 12.6. The molecule has 2 heterocycles. The minimum Gasteiger partial charge on any atom is -0.380 e. The summed E-state index contributed by atoms with van der Waals surface area (Å²) < 4.78 is 32.4. The van der Waals surface area contributed by atoms with E-state index in [1.165, 1.54) is 15.6 Å². The second kappa shape index (κ2) is 7.14. The molecule has 0 bridgehead atoms. The molecule has 2 aromatic rings. The molecule has 6 nitrogen and oxygen atoms in total. The minimum absolute atomic E-state index is 0.284. The lowest BCUT2D eigenvalue weighted by atomic mass is 10.3. The van der Waals surface area contributed by atoms with Crippen LogP contribution in [0.4, 0.5) is 5.69 Å². The van der Waals surface area contributed by atoms with Gasteiger partial charge in [-0.3, -0.25) is 0 Å². The number of hydrogen-bond acceptors (Lipinski definition) is 6. The fourth-order valence-corrected chi connectivity index (χ4v) is 4.63. The van der Waals surface area contributed by atoms with E-state index in [1.54, 1.807) is 24.4 Å². The van der Waals surface area contributed by atoms with Crippen molar-refractivity contribution in [3.05, 3.63) is 39.8 Å². The third-order valence-electron chi connectivity index (χ3n) is 3.43. The Morgan fingerprint density at radius 2 is 2.13 bits per heavy atom. The molecule has 0 aliphatic carbocycles. The van der Waals surface area contributed by atoms with Crippen LogP contribution in [0.25, 0.3) is 0 Å². The molecule has 124 valence electrons. The molecule has 1 fully saturated rings. The van der Waals surface area contributed by atoms with Gasteiger partial charge >= 0.3 is 0 Å². The fourth-order valence-electron chi connectivity index (χ4n) is 2.26. The van der Waals surface area contributed by atoms with E-state index in [2.05, 4.69) is 10.3 Å². The van der Waals surface area contributed by atoms with Gasteiger partial charge in [-0.05, 0) is 18.2 Å². The number of hydrogen-bond donors (Lipinski definition) is 1. The van der Waals surface area contributed by atoms with E-state index in [1.807, 2.05) is 6.07 Å². The zero-order chi connectivity index (χ0) is 16.3. The summed E-state index contributed by atoms with van der Waals surface area (Å²) in [4.78, 5) is 5.24. The summed E-state index contributed by atoms with van der Waals surface area (Å²) in [5.41, 5.74) is 0.740. The number of halogens is 1. The van der Waals surface area contributed by atoms with E-state index in [4.69, 9.17) is 16.3 Å². The lowest BCUT2D eigenvalue weighted by Crippen LogP contribution is -2.40. The maximum absolute atomic E-state index is 12.6. The van der Waals surface area contributed by atoms with E-state index < -0.39 is 10.0 Å². The monoisotopic (exact) mass is 373 g/mol. The van der Waals surface area contributed by atoms with Crippen LogP contribution in [0.5, 0.6) is 0 Å². The van der Waals surface area contributed by atoms with Gasteiger partial charge in [-0.1, -0.05) is 17.7 Å². The fraction of sp³-hybridized carbons (Fsp3) is 0.357. The van der Waals surface area contributed by atoms with Crippen molar-refractivity contribution in [3.8, 4) is 0 Å². The van der Waals surface area contributed by atoms with Crippen LogP contribution < -0.4 is 5.32 Å². The highest BCUT2D eigenvalue weighted by Gasteiger charge is 2.26. The first-order valence-corrected chi connectivity index (χ1v) is 9.71. The van der Waals surface area contributed by atoms with Crippen molar-refractivity contribution >= 4 is 38.6 Å². The van der Waals surface area contributed by atoms with Gasteiger partial charge < -0.3 is 10.1 Å². The molecule has 1 aromatic carbocycles. The van der Waals surface area contributed by atoms with Crippen molar-refractivity contribution < 1.29 is 13.2 Å². The minimum atomic E-state index is -3.48. The molecule has 1 N–H and O–H groups in total. The third-order valence-corrected chi connectivity index (χ3v) is 6.44. The first-order valence-electron chi connectivity index (χ1n) is 7.08. The van der Waals surface area contributed by atoms with Crippen LogP contribution in [-0.2, 0) is 21.3 Å². The number of thiazole rings is 1. The number of ether oxygens (including phenoxy) is 1. The number of benzene rings is 1. The highest BCUT2D eigenvalue weighted by atomic mass is 35.5. The highest BCUT2D eigenvalue weighted by Crippen LogP contribution is 2.22. The van der Waals surface area contributed by atoms with Crippen molar-refractivity contribution in [1.82, 2.24) is 9.29 Å². The van der Waals surface area contributed by atoms with Gasteiger partial charge in [-0.2, -0.15) is 4.31 Å². The molecule has 0 unspecified atom stereocenters. The summed E-state index contributed by atoms with van der Waals surface area (Å²) in [5.74, 6) is 0. The number of nitrogens with one attached hydrogen (secondary N) is 1. The van der Waals surface area contributed by atoms with E-state index in [0.29, 0.717) is 37.3 Å². The molecule has 0 amide bonds. The average Bonchev–Trinajstić information content (AvgIpc) is 2.99. The summed E-state index contributed by atoms with van der Waals surface area (Å²) in [6, 6.07) is 6.82. The van der Waals surface area contributed by atoms with Crippen LogP contribution >= 0.6 is 22.9 Å². The quantitative estimate of drug-likeness (QED) is 0.871. The van der Waals surface area contributed by atoms with Crippen LogP contribution in [0.15, 0.2) is 35.4 Å². The molecule has 1 aliphatic rings. The molecule has 1 saturated heterocycles. The molecule has 0 saturated carbocycles. The van der Waals surface area contributed by atoms with Gasteiger partial charge in [0.05, 0.1) is 24.7 Å². The Balaban J connectivity index is 1.73. The number of morpholine rings is 1. The van der Waals surface area contributed by atoms with E-state index in [0.717, 1.165) is 10.6 Å². The topological polar surface area (TPSA) is 71.5 Å². The molecule has 0 atom stereocenters. The SMILES string of the molecule is O=S(=O)(c1cccc(NCc2cnc(Cl)s2)c1)N1CCOCC1. The third kappa shape index (κ3) is 4.02. The Labute approximate surface area is 144 Å². The lowest BCUT2D eigenvalue weighted by molar-refractivity contribution is 0.0730. The summed E-state index contributed by atoms with van der Waals surface area (Å²) in [5, 5.41) is 3.19. The van der Waals surface area contributed by atoms with E-state index >= 15 is 0 Å². The van der Waals surface area contributed by atoms with Crippen molar-refractivity contribution in [1.29, 1.82) is 0 Å². The van der Waals surface area contributed by atoms with Gasteiger partial charge in [0.15, 0.2) is 4.47 Å². The number of anilines is 1. The number of nitrogens with zero attached hydrogens (tertiary/aromatic N) is 2. The zero-order valence-electron chi connectivity index (χ0n) is 12.2. The molecule has 1 aliphatic heterocycles. The van der Waals surface area contributed by atoms with Crippen LogP contribution in [-0.4, -0.2) is 44.0 Å². The molecule has 0 radical (unpaired) electrons. The number of aromatic nitrogens is 1. The first kappa shape index (κ1) is 16.7. The van der Waals surface area contributed by atoms with Crippen molar-refractivity contribution in [2.75, 3.05) is 31.6 Å². The van der Waals surface area contributed by atoms with E-state index in [-0.39, 0.29) is 4.90 Å². The van der Waals surface area contributed by atoms with Crippen LogP contribution in [0.1, 0.15) is 4.88 Å². The van der Waals surface area contributed by atoms with E-state index in [9.17, 15) is 8.42 Å². The summed E-state index contributed by atoms with van der Waals surface area (Å²) in [7, 11) is -3.48. The van der Waals surface area contributed by atoms with Gasteiger partial charge in [-0.15, -0.1) is 11.3 Å². The second-order valence-corrected chi connectivity index (χ2v) is 8.61. The van der Waals surface area contributed by atoms with Crippen LogP contribution in [0.3, 0.4) is 0 Å². The molecule has 1 aromatic heterocycles. The smallest absolute Gasteiger partial charge is 0.243 e. The summed E-state index contributed by atoms with van der Waals surface area (Å²) in [6.45, 7) is 2.19. The van der Waals surface area contributed by atoms with Gasteiger partial charge in [-0.25, -0.2) is 13.4 Å². The van der Waals surface area contributed by atoms with Gasteiger partial charge in [0.25, 0.3) is 0 Å². The molecule has 0 spiro atoms. The average molecular weight is 374 g/mol. The maximum Gasteiger partial charge on any atom is 0.243 e. The largest absolute Gasteiger partial charge is 0.380 e. The Hall–Kier alpha value is -1.19. The van der Waals surface area contributed by atoms with Crippen molar-refractivity contribution in [2.24, 2.45) is 0 Å². The molecule has 3 rings (SSSR count). The molecular weight excluding hydrogens is 358 g/mol. The van der Waals surface area contributed by atoms with Crippen molar-refractivity contribution in [3.63, 3.8) is 0 Å². The molecule has 23 heavy (non-hydrogen) atoms. The molecular formula is C14H16ClN3O3S2. The van der Waals surface area contributed by atoms with Crippen LogP contribution in [0, 0.1) is 0 Å². The van der Waals surface area contributed by atoms with Crippen LogP contribution in [0.2, 0.25) is 4.47 Å². The Morgan fingerprint density at radius 1 is 1.35 bits per heavy atom. The molecule has 9 heteroatoms. The predicted molar refractivity (Wildman–Crippen MR) is 90.5 cm³/mol.